The van der Waals surface area contributed by atoms with Crippen LogP contribution in [0.15, 0.2) is 48.6 Å². The first kappa shape index (κ1) is 58.4. The molecule has 0 N–H and O–H groups in total. The minimum atomic E-state index is -0.802. The van der Waals surface area contributed by atoms with Crippen molar-refractivity contribution in [1.82, 2.24) is 0 Å². The fourth-order valence-corrected chi connectivity index (χ4v) is 7.37. The maximum Gasteiger partial charge on any atom is 0.306 e. The number of allylic oxidation sites excluding steroid dienone is 8. The number of rotatable bonds is 47. The molecule has 0 spiro atoms. The fourth-order valence-electron chi connectivity index (χ4n) is 7.37. The van der Waals surface area contributed by atoms with Crippen molar-refractivity contribution in [2.45, 2.75) is 271 Å². The van der Waals surface area contributed by atoms with Crippen molar-refractivity contribution in [2.75, 3.05) is 13.2 Å². The number of carbonyl (C=O) groups excluding carboxylic acids is 3. The van der Waals surface area contributed by atoms with Crippen LogP contribution in [0.2, 0.25) is 0 Å². The highest BCUT2D eigenvalue weighted by Gasteiger charge is 2.19. The molecule has 0 heterocycles. The molecule has 1 unspecified atom stereocenters. The molecule has 0 aliphatic carbocycles. The van der Waals surface area contributed by atoms with Crippen molar-refractivity contribution in [2.24, 2.45) is 0 Å². The molecule has 0 fully saturated rings. The second kappa shape index (κ2) is 50.0. The Bertz CT molecular complexity index is 1070. The van der Waals surface area contributed by atoms with Crippen molar-refractivity contribution < 1.29 is 28.6 Å². The molecule has 0 aliphatic heterocycles. The molecule has 61 heavy (non-hydrogen) atoms. The average Bonchev–Trinajstić information content (AvgIpc) is 3.26. The highest BCUT2D eigenvalue weighted by Crippen LogP contribution is 2.15. The molecule has 0 aromatic rings. The van der Waals surface area contributed by atoms with Gasteiger partial charge in [0, 0.05) is 19.3 Å². The van der Waals surface area contributed by atoms with E-state index in [1.165, 1.54) is 154 Å². The van der Waals surface area contributed by atoms with Crippen LogP contribution in [0, 0.1) is 0 Å². The summed E-state index contributed by atoms with van der Waals surface area (Å²) < 4.78 is 16.7. The summed E-state index contributed by atoms with van der Waals surface area (Å²) in [6, 6.07) is 0. The number of ether oxygens (including phenoxy) is 3. The molecule has 6 nitrogen and oxygen atoms in total. The van der Waals surface area contributed by atoms with E-state index in [0.717, 1.165) is 64.2 Å². The monoisotopic (exact) mass is 855 g/mol. The molecule has 0 radical (unpaired) electrons. The largest absolute Gasteiger partial charge is 0.462 e. The zero-order chi connectivity index (χ0) is 44.4. The zero-order valence-electron chi connectivity index (χ0n) is 40.4. The Kier molecular flexibility index (Phi) is 47.9. The van der Waals surface area contributed by atoms with Gasteiger partial charge < -0.3 is 14.2 Å². The van der Waals surface area contributed by atoms with E-state index in [1.54, 1.807) is 0 Å². The standard InChI is InChI=1S/C55H98O6/c1-4-7-10-13-16-19-22-25-27-28-31-33-36-39-42-45-48-54(57)60-51-52(50-59-53(56)47-44-41-38-35-32-29-24-21-18-15-12-9-6-3)61-55(58)49-46-43-40-37-34-30-26-23-20-17-14-11-8-5-2/h27-29,31-33,38,41,52H,4-26,30,34-37,39-40,42-51H2,1-3H3/b28-27-,32-29-,33-31-,41-38-. The van der Waals surface area contributed by atoms with Crippen LogP contribution in [0.25, 0.3) is 0 Å². The van der Waals surface area contributed by atoms with Crippen LogP contribution < -0.4 is 0 Å². The number of unbranched alkanes of at least 4 members (excludes halogenated alkanes) is 29. The molecule has 0 bridgehead atoms. The quantitative estimate of drug-likeness (QED) is 0.0199. The minimum absolute atomic E-state index is 0.102. The molecule has 1 atom stereocenters. The summed E-state index contributed by atoms with van der Waals surface area (Å²) in [6.45, 7) is 6.56. The molecule has 6 heteroatoms. The summed E-state index contributed by atoms with van der Waals surface area (Å²) in [5, 5.41) is 0. The Morgan fingerprint density at radius 2 is 0.672 bits per heavy atom. The maximum atomic E-state index is 12.8. The molecule has 0 saturated heterocycles. The first-order chi connectivity index (χ1) is 30.0. The van der Waals surface area contributed by atoms with E-state index < -0.39 is 6.10 Å². The zero-order valence-corrected chi connectivity index (χ0v) is 40.4. The number of carbonyl (C=O) groups is 3. The van der Waals surface area contributed by atoms with Crippen molar-refractivity contribution in [3.63, 3.8) is 0 Å². The van der Waals surface area contributed by atoms with Gasteiger partial charge in [-0.3, -0.25) is 14.4 Å². The van der Waals surface area contributed by atoms with E-state index in [1.807, 2.05) is 6.08 Å². The van der Waals surface area contributed by atoms with Crippen LogP contribution in [0.1, 0.15) is 265 Å². The topological polar surface area (TPSA) is 78.9 Å². The third-order valence-electron chi connectivity index (χ3n) is 11.3. The molecule has 0 amide bonds. The second-order valence-electron chi connectivity index (χ2n) is 17.5. The van der Waals surface area contributed by atoms with Crippen molar-refractivity contribution >= 4 is 17.9 Å². The molecule has 0 aliphatic rings. The maximum absolute atomic E-state index is 12.8. The van der Waals surface area contributed by atoms with Crippen LogP contribution in [-0.2, 0) is 28.6 Å². The van der Waals surface area contributed by atoms with Crippen LogP contribution >= 0.6 is 0 Å². The summed E-state index contributed by atoms with van der Waals surface area (Å²) in [7, 11) is 0. The van der Waals surface area contributed by atoms with Gasteiger partial charge >= 0.3 is 17.9 Å². The van der Waals surface area contributed by atoms with E-state index in [4.69, 9.17) is 14.2 Å². The Balaban J connectivity index is 4.46. The third-order valence-corrected chi connectivity index (χ3v) is 11.3. The van der Waals surface area contributed by atoms with Gasteiger partial charge in [0.05, 0.1) is 0 Å². The Morgan fingerprint density at radius 3 is 1.11 bits per heavy atom. The van der Waals surface area contributed by atoms with Crippen LogP contribution in [0.5, 0.6) is 0 Å². The molecule has 0 saturated carbocycles. The summed E-state index contributed by atoms with van der Waals surface area (Å²) in [4.78, 5) is 37.9. The summed E-state index contributed by atoms with van der Waals surface area (Å²) in [5.41, 5.74) is 0. The molecule has 0 aromatic carbocycles. The van der Waals surface area contributed by atoms with Gasteiger partial charge in [0.15, 0.2) is 6.10 Å². The highest BCUT2D eigenvalue weighted by atomic mass is 16.6. The molecule has 0 aromatic heterocycles. The minimum Gasteiger partial charge on any atom is -0.462 e. The second-order valence-corrected chi connectivity index (χ2v) is 17.5. The Hall–Kier alpha value is -2.63. The lowest BCUT2D eigenvalue weighted by atomic mass is 10.0. The van der Waals surface area contributed by atoms with E-state index in [-0.39, 0.29) is 37.5 Å². The average molecular weight is 855 g/mol. The lowest BCUT2D eigenvalue weighted by Crippen LogP contribution is -2.30. The van der Waals surface area contributed by atoms with Crippen LogP contribution in [0.3, 0.4) is 0 Å². The Morgan fingerprint density at radius 1 is 0.344 bits per heavy atom. The predicted molar refractivity (Wildman–Crippen MR) is 261 cm³/mol. The van der Waals surface area contributed by atoms with Crippen LogP contribution in [-0.4, -0.2) is 37.2 Å². The fraction of sp³-hybridized carbons (Fsp3) is 0.800. The van der Waals surface area contributed by atoms with Gasteiger partial charge in [0.2, 0.25) is 0 Å². The van der Waals surface area contributed by atoms with Gasteiger partial charge in [-0.15, -0.1) is 0 Å². The van der Waals surface area contributed by atoms with Gasteiger partial charge in [-0.1, -0.05) is 230 Å². The van der Waals surface area contributed by atoms with E-state index >= 15 is 0 Å². The third kappa shape index (κ3) is 48.3. The van der Waals surface area contributed by atoms with Gasteiger partial charge in [-0.25, -0.2) is 0 Å². The first-order valence-corrected chi connectivity index (χ1v) is 26.2. The van der Waals surface area contributed by atoms with E-state index in [9.17, 15) is 14.4 Å². The lowest BCUT2D eigenvalue weighted by molar-refractivity contribution is -0.166. The molecule has 354 valence electrons. The van der Waals surface area contributed by atoms with Gasteiger partial charge in [-0.2, -0.15) is 0 Å². The van der Waals surface area contributed by atoms with E-state index in [2.05, 4.69) is 63.3 Å². The van der Waals surface area contributed by atoms with Crippen molar-refractivity contribution in [3.05, 3.63) is 48.6 Å². The van der Waals surface area contributed by atoms with Crippen LogP contribution in [0.4, 0.5) is 0 Å². The molecule has 0 rings (SSSR count). The lowest BCUT2D eigenvalue weighted by Gasteiger charge is -2.18. The number of hydrogen-bond acceptors (Lipinski definition) is 6. The first-order valence-electron chi connectivity index (χ1n) is 26.2. The van der Waals surface area contributed by atoms with E-state index in [0.29, 0.717) is 19.3 Å². The van der Waals surface area contributed by atoms with Crippen molar-refractivity contribution in [1.29, 1.82) is 0 Å². The number of hydrogen-bond donors (Lipinski definition) is 0. The normalized spacial score (nSPS) is 12.4. The van der Waals surface area contributed by atoms with Gasteiger partial charge in [0.25, 0.3) is 0 Å². The molecular weight excluding hydrogens is 757 g/mol. The summed E-state index contributed by atoms with van der Waals surface area (Å²) in [6.07, 6.45) is 59.6. The number of esters is 3. The Labute approximate surface area is 378 Å². The van der Waals surface area contributed by atoms with Crippen molar-refractivity contribution in [3.8, 4) is 0 Å². The van der Waals surface area contributed by atoms with Gasteiger partial charge in [0.1, 0.15) is 13.2 Å². The predicted octanol–water partition coefficient (Wildman–Crippen LogP) is 17.1. The highest BCUT2D eigenvalue weighted by molar-refractivity contribution is 5.71. The molecular formula is C55H98O6. The van der Waals surface area contributed by atoms with Gasteiger partial charge in [-0.05, 0) is 64.2 Å². The summed E-state index contributed by atoms with van der Waals surface area (Å²) >= 11 is 0. The summed E-state index contributed by atoms with van der Waals surface area (Å²) in [5.74, 6) is -0.987. The smallest absolute Gasteiger partial charge is 0.306 e. The SMILES string of the molecule is CCCCCCCC/C=C\C/C=C\CCC(=O)OCC(COC(=O)CCCCC/C=C\C=C/CCCCCCCCC)OC(=O)CCCCCCCCCCCCCCCC.